The van der Waals surface area contributed by atoms with E-state index in [1.165, 1.54) is 12.8 Å². The average Bonchev–Trinajstić information content (AvgIpc) is 2.12. The van der Waals surface area contributed by atoms with Crippen molar-refractivity contribution < 1.29 is 4.84 Å². The van der Waals surface area contributed by atoms with E-state index in [4.69, 9.17) is 11.2 Å². The van der Waals surface area contributed by atoms with E-state index in [9.17, 15) is 0 Å². The molecule has 68 valence electrons. The Kier molecular flexibility index (Phi) is 5.69. The molecule has 2 radical (unpaired) electrons. The van der Waals surface area contributed by atoms with Crippen molar-refractivity contribution in [2.75, 3.05) is 0 Å². The van der Waals surface area contributed by atoms with Crippen LogP contribution < -0.4 is 5.90 Å². The van der Waals surface area contributed by atoms with Gasteiger partial charge in [0.25, 0.3) is 0 Å². The highest BCUT2D eigenvalue weighted by Gasteiger charge is 2.23. The van der Waals surface area contributed by atoms with Crippen LogP contribution in [0.1, 0.15) is 46.0 Å². The Bertz CT molecular complexity index is 153. The minimum absolute atomic E-state index is 0.597. The van der Waals surface area contributed by atoms with Crippen LogP contribution in [-0.4, -0.2) is 5.60 Å². The lowest BCUT2D eigenvalue weighted by atomic mass is 10.00. The van der Waals surface area contributed by atoms with E-state index in [2.05, 4.69) is 11.8 Å². The number of nitriles is 1. The van der Waals surface area contributed by atoms with Crippen molar-refractivity contribution in [1.82, 2.24) is 5.90 Å². The maximum absolute atomic E-state index is 8.61. The summed E-state index contributed by atoms with van der Waals surface area (Å²) in [5.41, 5.74) is -1.01. The fraction of sp³-hybridized carbons (Fsp3) is 0.889. The molecule has 0 aromatic rings. The summed E-state index contributed by atoms with van der Waals surface area (Å²) in [5.74, 6) is 8.42. The van der Waals surface area contributed by atoms with E-state index in [1.54, 1.807) is 6.92 Å². The quantitative estimate of drug-likeness (QED) is 0.451. The van der Waals surface area contributed by atoms with Crippen LogP contribution in [0.3, 0.4) is 0 Å². The first-order valence-electron chi connectivity index (χ1n) is 4.42. The van der Waals surface area contributed by atoms with Crippen LogP contribution in [0.2, 0.25) is 0 Å². The fourth-order valence-electron chi connectivity index (χ4n) is 1.01. The van der Waals surface area contributed by atoms with Gasteiger partial charge in [0, 0.05) is 5.90 Å². The summed E-state index contributed by atoms with van der Waals surface area (Å²) in [6.07, 6.45) is 4.96. The fourth-order valence-corrected chi connectivity index (χ4v) is 1.01. The summed E-state index contributed by atoms with van der Waals surface area (Å²) in [4.78, 5) is 4.11. The minimum atomic E-state index is -1.01. The van der Waals surface area contributed by atoms with Crippen molar-refractivity contribution in [2.24, 2.45) is 0 Å². The molecule has 1 unspecified atom stereocenters. The number of unbranched alkanes of at least 4 members (excludes halogenated alkanes) is 3. The van der Waals surface area contributed by atoms with Gasteiger partial charge in [-0.25, -0.2) is 4.84 Å². The monoisotopic (exact) mass is 168 g/mol. The molecule has 0 saturated carbocycles. The molecule has 0 N–H and O–H groups in total. The normalized spacial score (nSPS) is 15.2. The van der Waals surface area contributed by atoms with Crippen molar-refractivity contribution in [3.63, 3.8) is 0 Å². The second kappa shape index (κ2) is 5.99. The lowest BCUT2D eigenvalue weighted by molar-refractivity contribution is -0.0120. The van der Waals surface area contributed by atoms with Crippen LogP contribution in [-0.2, 0) is 4.84 Å². The van der Waals surface area contributed by atoms with Gasteiger partial charge in [-0.3, -0.25) is 0 Å². The SMILES string of the molecule is CCCCCCC(C)(C#N)O[N]. The molecule has 3 nitrogen and oxygen atoms in total. The zero-order chi connectivity index (χ0) is 9.45. The van der Waals surface area contributed by atoms with Gasteiger partial charge in [-0.05, 0) is 19.8 Å². The third-order valence-corrected chi connectivity index (χ3v) is 1.95. The number of rotatable bonds is 6. The molecule has 3 heteroatoms. The maximum atomic E-state index is 8.61. The zero-order valence-corrected chi connectivity index (χ0v) is 7.84. The molecule has 0 heterocycles. The van der Waals surface area contributed by atoms with Crippen molar-refractivity contribution in [2.45, 2.75) is 51.6 Å². The topological polar surface area (TPSA) is 55.3 Å². The molecule has 0 saturated heterocycles. The maximum Gasteiger partial charge on any atom is 0.176 e. The van der Waals surface area contributed by atoms with Gasteiger partial charge in [0.05, 0.1) is 6.07 Å². The lowest BCUT2D eigenvalue weighted by Crippen LogP contribution is -2.25. The zero-order valence-electron chi connectivity index (χ0n) is 7.84. The minimum Gasteiger partial charge on any atom is -0.242 e. The van der Waals surface area contributed by atoms with Gasteiger partial charge < -0.3 is 0 Å². The molecule has 12 heavy (non-hydrogen) atoms. The van der Waals surface area contributed by atoms with Crippen LogP contribution in [0.5, 0.6) is 0 Å². The van der Waals surface area contributed by atoms with Crippen LogP contribution in [0.15, 0.2) is 0 Å². The smallest absolute Gasteiger partial charge is 0.176 e. The molecule has 0 aliphatic heterocycles. The van der Waals surface area contributed by atoms with E-state index >= 15 is 0 Å². The third kappa shape index (κ3) is 4.32. The molecule has 0 aromatic carbocycles. The largest absolute Gasteiger partial charge is 0.242 e. The van der Waals surface area contributed by atoms with Gasteiger partial charge in [-0.2, -0.15) is 5.26 Å². The summed E-state index contributed by atoms with van der Waals surface area (Å²) in [5, 5.41) is 8.61. The van der Waals surface area contributed by atoms with Crippen LogP contribution in [0.4, 0.5) is 0 Å². The molecule has 0 aliphatic rings. The molecule has 0 aliphatic carbocycles. The highest BCUT2D eigenvalue weighted by atomic mass is 16.6. The molecular formula is C9H16N2O. The molecule has 0 aromatic heterocycles. The number of hydrogen-bond acceptors (Lipinski definition) is 2. The van der Waals surface area contributed by atoms with E-state index in [1.807, 2.05) is 6.07 Å². The summed E-state index contributed by atoms with van der Waals surface area (Å²) in [7, 11) is 0. The van der Waals surface area contributed by atoms with Crippen molar-refractivity contribution >= 4 is 0 Å². The molecular weight excluding hydrogens is 152 g/mol. The van der Waals surface area contributed by atoms with E-state index in [-0.39, 0.29) is 0 Å². The molecule has 0 fully saturated rings. The van der Waals surface area contributed by atoms with Crippen LogP contribution >= 0.6 is 0 Å². The highest BCUT2D eigenvalue weighted by molar-refractivity contribution is 4.97. The van der Waals surface area contributed by atoms with Gasteiger partial charge in [-0.1, -0.05) is 26.2 Å². The van der Waals surface area contributed by atoms with Crippen molar-refractivity contribution in [1.29, 1.82) is 5.26 Å². The van der Waals surface area contributed by atoms with E-state index in [0.717, 1.165) is 12.8 Å². The van der Waals surface area contributed by atoms with E-state index in [0.29, 0.717) is 6.42 Å². The molecule has 0 rings (SSSR count). The predicted octanol–water partition coefficient (Wildman–Crippen LogP) is 2.24. The van der Waals surface area contributed by atoms with Crippen LogP contribution in [0.25, 0.3) is 0 Å². The van der Waals surface area contributed by atoms with Gasteiger partial charge in [0.1, 0.15) is 0 Å². The van der Waals surface area contributed by atoms with Gasteiger partial charge in [0.15, 0.2) is 5.60 Å². The predicted molar refractivity (Wildman–Crippen MR) is 46.0 cm³/mol. The Hall–Kier alpha value is -0.590. The average molecular weight is 168 g/mol. The Morgan fingerprint density at radius 3 is 2.42 bits per heavy atom. The molecule has 0 amide bonds. The van der Waals surface area contributed by atoms with Crippen molar-refractivity contribution in [3.8, 4) is 6.07 Å². The first kappa shape index (κ1) is 11.4. The number of hydrogen-bond donors (Lipinski definition) is 0. The summed E-state index contributed by atoms with van der Waals surface area (Å²) >= 11 is 0. The summed E-state index contributed by atoms with van der Waals surface area (Å²) < 4.78 is 0. The highest BCUT2D eigenvalue weighted by Crippen LogP contribution is 2.17. The first-order valence-corrected chi connectivity index (χ1v) is 4.42. The van der Waals surface area contributed by atoms with Crippen LogP contribution in [0, 0.1) is 11.3 Å². The second-order valence-corrected chi connectivity index (χ2v) is 3.24. The van der Waals surface area contributed by atoms with Gasteiger partial charge >= 0.3 is 0 Å². The Labute approximate surface area is 74.5 Å². The van der Waals surface area contributed by atoms with Gasteiger partial charge in [-0.15, -0.1) is 0 Å². The standard InChI is InChI=1S/C9H16N2O/c1-3-4-5-6-7-9(2,8-10)12-11/h3-7H2,1-2H3. The second-order valence-electron chi connectivity index (χ2n) is 3.24. The third-order valence-electron chi connectivity index (χ3n) is 1.95. The van der Waals surface area contributed by atoms with E-state index < -0.39 is 5.60 Å². The Balaban J connectivity index is 3.54. The molecule has 1 atom stereocenters. The first-order chi connectivity index (χ1) is 5.68. The summed E-state index contributed by atoms with van der Waals surface area (Å²) in [6.45, 7) is 3.73. The lowest BCUT2D eigenvalue weighted by Gasteiger charge is -2.15. The Morgan fingerprint density at radius 2 is 2.00 bits per heavy atom. The molecule has 0 spiro atoms. The molecule has 0 bridgehead atoms. The number of nitrogens with zero attached hydrogens (tertiary/aromatic N) is 2. The van der Waals surface area contributed by atoms with Crippen molar-refractivity contribution in [3.05, 3.63) is 0 Å². The summed E-state index contributed by atoms with van der Waals surface area (Å²) in [6, 6.07) is 1.93. The van der Waals surface area contributed by atoms with Gasteiger partial charge in [0.2, 0.25) is 0 Å². The Morgan fingerprint density at radius 1 is 1.33 bits per heavy atom.